The quantitative estimate of drug-likeness (QED) is 0.0930. The second kappa shape index (κ2) is 14.5. The monoisotopic (exact) mass is 628 g/mol. The maximum absolute atomic E-state index is 6.23. The van der Waals surface area contributed by atoms with Gasteiger partial charge in [-0.05, 0) is 111 Å². The van der Waals surface area contributed by atoms with Crippen LogP contribution in [0.5, 0.6) is 23.0 Å². The average Bonchev–Trinajstić information content (AvgIpc) is 4.01. The Bertz CT molecular complexity index is 1470. The highest BCUT2D eigenvalue weighted by atomic mass is 16.7. The Morgan fingerprint density at radius 2 is 1.02 bits per heavy atom. The molecular formula is C38H44O8. The van der Waals surface area contributed by atoms with Crippen LogP contribution in [0.25, 0.3) is 21.5 Å². The molecule has 0 amide bonds. The molecule has 0 radical (unpaired) electrons. The lowest BCUT2D eigenvalue weighted by molar-refractivity contribution is -0.0939. The Morgan fingerprint density at radius 1 is 0.587 bits per heavy atom. The van der Waals surface area contributed by atoms with E-state index in [4.69, 9.17) is 37.9 Å². The van der Waals surface area contributed by atoms with Gasteiger partial charge in [0.05, 0.1) is 26.4 Å². The van der Waals surface area contributed by atoms with Crippen molar-refractivity contribution in [2.45, 2.75) is 64.3 Å². The van der Waals surface area contributed by atoms with Crippen LogP contribution in [0.1, 0.15) is 39.5 Å². The summed E-state index contributed by atoms with van der Waals surface area (Å²) >= 11 is 0. The molecule has 0 N–H and O–H groups in total. The molecule has 1 saturated carbocycles. The second-order valence-electron chi connectivity index (χ2n) is 12.7. The first-order valence-electron chi connectivity index (χ1n) is 16.7. The van der Waals surface area contributed by atoms with Crippen molar-refractivity contribution < 1.29 is 37.9 Å². The largest absolute Gasteiger partial charge is 0.491 e. The topological polar surface area (TPSA) is 80.4 Å². The number of ether oxygens (including phenoxy) is 8. The fourth-order valence-electron chi connectivity index (χ4n) is 6.09. The van der Waals surface area contributed by atoms with Crippen molar-refractivity contribution in [3.63, 3.8) is 0 Å². The fraction of sp³-hybridized carbons (Fsp3) is 0.474. The molecular weight excluding hydrogens is 584 g/mol. The number of hydrogen-bond donors (Lipinski definition) is 0. The van der Waals surface area contributed by atoms with E-state index in [0.29, 0.717) is 38.3 Å². The molecule has 2 heterocycles. The van der Waals surface area contributed by atoms with Gasteiger partial charge in [-0.2, -0.15) is 0 Å². The molecule has 3 aliphatic rings. The van der Waals surface area contributed by atoms with Crippen LogP contribution in [0.15, 0.2) is 72.8 Å². The SMILES string of the molecule is CC(OCC1CCC(COC(C)Oc2cccc3cc(OCC4CO4)ccc23)CC1)Oc1cccc2cc(OCC3CO3)ccc12. The van der Waals surface area contributed by atoms with Crippen LogP contribution in [-0.4, -0.2) is 64.4 Å². The Kier molecular flexibility index (Phi) is 9.77. The summed E-state index contributed by atoms with van der Waals surface area (Å²) < 4.78 is 47.0. The molecule has 244 valence electrons. The summed E-state index contributed by atoms with van der Waals surface area (Å²) in [5.74, 6) is 4.39. The van der Waals surface area contributed by atoms with Crippen molar-refractivity contribution in [1.82, 2.24) is 0 Å². The molecule has 8 nitrogen and oxygen atoms in total. The van der Waals surface area contributed by atoms with Crippen LogP contribution in [0.3, 0.4) is 0 Å². The third kappa shape index (κ3) is 8.42. The van der Waals surface area contributed by atoms with Gasteiger partial charge in [0.25, 0.3) is 0 Å². The zero-order valence-corrected chi connectivity index (χ0v) is 26.7. The molecule has 2 saturated heterocycles. The molecule has 4 aromatic rings. The molecule has 46 heavy (non-hydrogen) atoms. The summed E-state index contributed by atoms with van der Waals surface area (Å²) in [5, 5.41) is 4.25. The maximum atomic E-state index is 6.23. The van der Waals surface area contributed by atoms with Gasteiger partial charge in [0.15, 0.2) is 12.6 Å². The van der Waals surface area contributed by atoms with Crippen LogP contribution >= 0.6 is 0 Å². The highest BCUT2D eigenvalue weighted by Crippen LogP contribution is 2.33. The third-order valence-electron chi connectivity index (χ3n) is 8.99. The first kappa shape index (κ1) is 31.1. The van der Waals surface area contributed by atoms with Gasteiger partial charge in [-0.3, -0.25) is 0 Å². The minimum atomic E-state index is -0.335. The maximum Gasteiger partial charge on any atom is 0.197 e. The van der Waals surface area contributed by atoms with Gasteiger partial charge in [-0.15, -0.1) is 0 Å². The van der Waals surface area contributed by atoms with E-state index in [1.54, 1.807) is 0 Å². The zero-order valence-electron chi connectivity index (χ0n) is 26.7. The van der Waals surface area contributed by atoms with E-state index >= 15 is 0 Å². The van der Waals surface area contributed by atoms with E-state index < -0.39 is 0 Å². The number of epoxide rings is 2. The van der Waals surface area contributed by atoms with Gasteiger partial charge < -0.3 is 37.9 Å². The van der Waals surface area contributed by atoms with E-state index in [-0.39, 0.29) is 24.8 Å². The molecule has 8 heteroatoms. The number of hydrogen-bond acceptors (Lipinski definition) is 8. The molecule has 4 atom stereocenters. The number of fused-ring (bicyclic) bond motifs is 2. The lowest BCUT2D eigenvalue weighted by atomic mass is 9.83. The van der Waals surface area contributed by atoms with E-state index in [1.807, 2.05) is 62.4 Å². The number of benzene rings is 4. The molecule has 0 aromatic heterocycles. The van der Waals surface area contributed by atoms with Gasteiger partial charge in [-0.25, -0.2) is 0 Å². The summed E-state index contributed by atoms with van der Waals surface area (Å²) in [6.45, 7) is 8.10. The summed E-state index contributed by atoms with van der Waals surface area (Å²) in [7, 11) is 0. The molecule has 0 bridgehead atoms. The van der Waals surface area contributed by atoms with Crippen molar-refractivity contribution in [1.29, 1.82) is 0 Å². The fourth-order valence-corrected chi connectivity index (χ4v) is 6.09. The second-order valence-corrected chi connectivity index (χ2v) is 12.7. The molecule has 4 aromatic carbocycles. The van der Waals surface area contributed by atoms with Gasteiger partial charge in [-0.1, -0.05) is 24.3 Å². The normalized spacial score (nSPS) is 23.5. The first-order valence-corrected chi connectivity index (χ1v) is 16.7. The Balaban J connectivity index is 0.820. The Hall–Kier alpha value is -3.56. The summed E-state index contributed by atoms with van der Waals surface area (Å²) in [6.07, 6.45) is 4.30. The van der Waals surface area contributed by atoms with Crippen molar-refractivity contribution >= 4 is 21.5 Å². The van der Waals surface area contributed by atoms with Crippen LogP contribution in [0, 0.1) is 11.8 Å². The van der Waals surface area contributed by atoms with Crippen molar-refractivity contribution in [2.24, 2.45) is 11.8 Å². The summed E-state index contributed by atoms with van der Waals surface area (Å²) in [6, 6.07) is 24.3. The molecule has 0 spiro atoms. The Morgan fingerprint density at radius 3 is 1.43 bits per heavy atom. The highest BCUT2D eigenvalue weighted by Gasteiger charge is 2.25. The van der Waals surface area contributed by atoms with Crippen molar-refractivity contribution in [3.05, 3.63) is 72.8 Å². The lowest BCUT2D eigenvalue weighted by Gasteiger charge is -2.30. The van der Waals surface area contributed by atoms with Crippen molar-refractivity contribution in [3.8, 4) is 23.0 Å². The van der Waals surface area contributed by atoms with Crippen molar-refractivity contribution in [2.75, 3.05) is 39.6 Å². The molecule has 2 aliphatic heterocycles. The van der Waals surface area contributed by atoms with E-state index in [0.717, 1.165) is 83.4 Å². The molecule has 3 fully saturated rings. The summed E-state index contributed by atoms with van der Waals surface area (Å²) in [5.41, 5.74) is 0. The average molecular weight is 629 g/mol. The third-order valence-corrected chi connectivity index (χ3v) is 8.99. The van der Waals surface area contributed by atoms with Crippen LogP contribution in [0.4, 0.5) is 0 Å². The summed E-state index contributed by atoms with van der Waals surface area (Å²) in [4.78, 5) is 0. The first-order chi connectivity index (χ1) is 22.6. The minimum absolute atomic E-state index is 0.236. The van der Waals surface area contributed by atoms with E-state index in [9.17, 15) is 0 Å². The van der Waals surface area contributed by atoms with Gasteiger partial charge in [0.2, 0.25) is 0 Å². The molecule has 7 rings (SSSR count). The predicted molar refractivity (Wildman–Crippen MR) is 176 cm³/mol. The Labute approximate surface area is 270 Å². The minimum Gasteiger partial charge on any atom is -0.491 e. The smallest absolute Gasteiger partial charge is 0.197 e. The van der Waals surface area contributed by atoms with E-state index in [1.165, 1.54) is 0 Å². The lowest BCUT2D eigenvalue weighted by Crippen LogP contribution is -2.27. The van der Waals surface area contributed by atoms with Crippen LogP contribution in [0.2, 0.25) is 0 Å². The van der Waals surface area contributed by atoms with E-state index in [2.05, 4.69) is 24.3 Å². The number of rotatable bonds is 16. The zero-order chi connectivity index (χ0) is 31.3. The molecule has 1 aliphatic carbocycles. The predicted octanol–water partition coefficient (Wildman–Crippen LogP) is 7.54. The standard InChI is InChI=1S/C38H44O8/c1-25(45-37-7-3-5-29-17-31(13-15-35(29)37)41-21-33-23-43-33)39-19-27-9-11-28(12-10-27)20-40-26(2)46-38-8-4-6-30-18-32(14-16-36(30)38)42-22-34-24-44-34/h3-8,13-18,25-28,33-34H,9-12,19-24H2,1-2H3. The van der Waals surface area contributed by atoms with Crippen LogP contribution in [-0.2, 0) is 18.9 Å². The van der Waals surface area contributed by atoms with Gasteiger partial charge >= 0.3 is 0 Å². The highest BCUT2D eigenvalue weighted by molar-refractivity contribution is 5.90. The molecule has 4 unspecified atom stereocenters. The van der Waals surface area contributed by atoms with Gasteiger partial charge in [0.1, 0.15) is 48.4 Å². The van der Waals surface area contributed by atoms with Crippen LogP contribution < -0.4 is 18.9 Å². The van der Waals surface area contributed by atoms with Gasteiger partial charge in [0, 0.05) is 10.8 Å².